The number of nitrogens with one attached hydrogen (secondary N) is 1. The summed E-state index contributed by atoms with van der Waals surface area (Å²) in [7, 11) is 0. The second-order valence-electron chi connectivity index (χ2n) is 16.1. The number of rotatable bonds is 4. The molecule has 1 aliphatic carbocycles. The first-order valence-electron chi connectivity index (χ1n) is 19.1. The summed E-state index contributed by atoms with van der Waals surface area (Å²) in [5.74, 6) is 1.82. The fourth-order valence-corrected chi connectivity index (χ4v) is 9.45. The molecule has 4 aromatic heterocycles. The largest absolute Gasteiger partial charge is 0.294 e. The summed E-state index contributed by atoms with van der Waals surface area (Å²) < 4.78 is 4.68. The Morgan fingerprint density at radius 3 is 1.56 bits per heavy atom. The molecule has 0 atom stereocenters. The molecule has 5 nitrogen and oxygen atoms in total. The van der Waals surface area contributed by atoms with Crippen molar-refractivity contribution in [1.82, 2.24) is 24.3 Å². The molecule has 0 spiro atoms. The van der Waals surface area contributed by atoms with E-state index in [1.54, 1.807) is 0 Å². The maximum absolute atomic E-state index is 5.02. The molecule has 1 N–H and O–H groups in total. The van der Waals surface area contributed by atoms with E-state index in [1.165, 1.54) is 60.5 Å². The lowest BCUT2D eigenvalue weighted by Gasteiger charge is -2.34. The van der Waals surface area contributed by atoms with Crippen LogP contribution in [0.4, 0.5) is 0 Å². The quantitative estimate of drug-likeness (QED) is 0.198. The summed E-state index contributed by atoms with van der Waals surface area (Å²) in [6, 6.07) is 56.1. The van der Waals surface area contributed by atoms with Gasteiger partial charge in [-0.15, -0.1) is 0 Å². The van der Waals surface area contributed by atoms with Gasteiger partial charge in [0.1, 0.15) is 5.82 Å². The van der Waals surface area contributed by atoms with Gasteiger partial charge in [-0.25, -0.2) is 4.98 Å². The highest BCUT2D eigenvalue weighted by molar-refractivity contribution is 6.11. The Hall–Kier alpha value is -6.72. The van der Waals surface area contributed by atoms with Crippen LogP contribution in [0.1, 0.15) is 54.3 Å². The highest BCUT2D eigenvalue weighted by Crippen LogP contribution is 2.57. The van der Waals surface area contributed by atoms with Crippen molar-refractivity contribution >= 4 is 43.6 Å². The minimum absolute atomic E-state index is 0.0152. The summed E-state index contributed by atoms with van der Waals surface area (Å²) >= 11 is 0. The molecule has 0 aliphatic heterocycles. The number of aromatic amines is 1. The molecule has 5 heteroatoms. The third-order valence-electron chi connectivity index (χ3n) is 11.9. The van der Waals surface area contributed by atoms with Crippen molar-refractivity contribution < 1.29 is 0 Å². The van der Waals surface area contributed by atoms with Crippen molar-refractivity contribution in [2.75, 3.05) is 0 Å². The molecule has 0 bridgehead atoms. The van der Waals surface area contributed by atoms with E-state index in [9.17, 15) is 0 Å². The molecule has 0 saturated heterocycles. The van der Waals surface area contributed by atoms with E-state index in [0.717, 1.165) is 39.4 Å². The number of para-hydroxylation sites is 2. The average molecular weight is 710 g/mol. The number of benzene rings is 6. The van der Waals surface area contributed by atoms with Crippen molar-refractivity contribution in [3.8, 4) is 22.8 Å². The third kappa shape index (κ3) is 4.41. The number of fused-ring (bicyclic) bond motifs is 9. The van der Waals surface area contributed by atoms with Crippen molar-refractivity contribution in [3.05, 3.63) is 191 Å². The average Bonchev–Trinajstić information content (AvgIpc) is 3.95. The van der Waals surface area contributed by atoms with Crippen LogP contribution in [0, 0.1) is 6.92 Å². The molecule has 0 fully saturated rings. The number of aryl methyl sites for hydroxylation is 1. The molecule has 1 aliphatic rings. The van der Waals surface area contributed by atoms with Gasteiger partial charge in [-0.05, 0) is 87.7 Å². The van der Waals surface area contributed by atoms with Gasteiger partial charge in [0.25, 0.3) is 0 Å². The van der Waals surface area contributed by atoms with E-state index >= 15 is 0 Å². The molecule has 0 unspecified atom stereocenters. The Bertz CT molecular complexity index is 3120. The summed E-state index contributed by atoms with van der Waals surface area (Å²) in [6.07, 6.45) is 1.96. The summed E-state index contributed by atoms with van der Waals surface area (Å²) in [5.41, 5.74) is 13.7. The van der Waals surface area contributed by atoms with Gasteiger partial charge in [0.15, 0.2) is 5.82 Å². The van der Waals surface area contributed by atoms with E-state index in [1.807, 2.05) is 6.20 Å². The molecule has 11 rings (SSSR count). The van der Waals surface area contributed by atoms with Crippen molar-refractivity contribution in [3.63, 3.8) is 0 Å². The van der Waals surface area contributed by atoms with E-state index in [0.29, 0.717) is 0 Å². The monoisotopic (exact) mass is 709 g/mol. The van der Waals surface area contributed by atoms with E-state index < -0.39 is 5.41 Å². The molecule has 0 radical (unpaired) electrons. The molecule has 10 aromatic rings. The van der Waals surface area contributed by atoms with E-state index in [-0.39, 0.29) is 5.41 Å². The minimum atomic E-state index is -0.611. The van der Waals surface area contributed by atoms with Crippen LogP contribution in [-0.2, 0) is 10.8 Å². The first-order chi connectivity index (χ1) is 26.8. The predicted molar refractivity (Wildman–Crippen MR) is 226 cm³/mol. The maximum Gasteiger partial charge on any atom is 0.159 e. The Kier molecular flexibility index (Phi) is 6.58. The van der Waals surface area contributed by atoms with Gasteiger partial charge in [-0.2, -0.15) is 5.10 Å². The molecule has 6 aromatic carbocycles. The summed E-state index contributed by atoms with van der Waals surface area (Å²) in [4.78, 5) is 5.02. The van der Waals surface area contributed by atoms with Gasteiger partial charge in [-0.3, -0.25) is 14.2 Å². The van der Waals surface area contributed by atoms with Gasteiger partial charge < -0.3 is 0 Å². The molecule has 4 heterocycles. The van der Waals surface area contributed by atoms with Gasteiger partial charge in [0.05, 0.1) is 27.5 Å². The smallest absolute Gasteiger partial charge is 0.159 e. The fourth-order valence-electron chi connectivity index (χ4n) is 9.45. The zero-order valence-electron chi connectivity index (χ0n) is 31.3. The van der Waals surface area contributed by atoms with Crippen LogP contribution in [0.25, 0.3) is 66.4 Å². The molecular formula is C50H39N5. The third-order valence-corrected chi connectivity index (χ3v) is 11.9. The molecular weight excluding hydrogens is 671 g/mol. The Morgan fingerprint density at radius 1 is 0.509 bits per heavy atom. The second-order valence-corrected chi connectivity index (χ2v) is 16.1. The molecule has 55 heavy (non-hydrogen) atoms. The standard InChI is InChI=1S/C50H39N5/c1-31-27-48(53-52-31)55-44-20-12-8-16-38(44)40-24-22-34(29-46(40)55)50(41-17-9-5-13-35(41)36-14-6-10-18-42(36)50)33-21-23-39-37-15-7-11-19-43(37)54(45(39)28-33)47-30-32(25-26-51-47)49(2,3)4/h5-30H,1-4H3,(H,52,53). The first-order valence-corrected chi connectivity index (χ1v) is 19.1. The van der Waals surface area contributed by atoms with Crippen LogP contribution in [0.15, 0.2) is 158 Å². The highest BCUT2D eigenvalue weighted by atomic mass is 15.2. The van der Waals surface area contributed by atoms with Gasteiger partial charge >= 0.3 is 0 Å². The maximum atomic E-state index is 5.02. The Morgan fingerprint density at radius 2 is 1.02 bits per heavy atom. The number of pyridine rings is 1. The number of H-pyrrole nitrogens is 1. The SMILES string of the molecule is Cc1cc(-n2c3ccccc3c3ccc(C4(c5ccc6c7ccccc7n(-c7cc(C(C)(C)C)ccn7)c6c5)c5ccccc5-c5ccccc54)cc32)n[nH]1. The minimum Gasteiger partial charge on any atom is -0.294 e. The van der Waals surface area contributed by atoms with Gasteiger partial charge in [0.2, 0.25) is 0 Å². The topological polar surface area (TPSA) is 51.4 Å². The number of hydrogen-bond donors (Lipinski definition) is 1. The van der Waals surface area contributed by atoms with Crippen LogP contribution in [-0.4, -0.2) is 24.3 Å². The zero-order valence-corrected chi connectivity index (χ0v) is 31.3. The van der Waals surface area contributed by atoms with Gasteiger partial charge in [-0.1, -0.05) is 130 Å². The number of aromatic nitrogens is 5. The Balaban J connectivity index is 1.27. The number of nitrogens with zero attached hydrogens (tertiary/aromatic N) is 4. The van der Waals surface area contributed by atoms with Crippen molar-refractivity contribution in [1.29, 1.82) is 0 Å². The zero-order chi connectivity index (χ0) is 37.1. The van der Waals surface area contributed by atoms with Crippen LogP contribution >= 0.6 is 0 Å². The van der Waals surface area contributed by atoms with Crippen LogP contribution < -0.4 is 0 Å². The van der Waals surface area contributed by atoms with E-state index in [2.05, 4.69) is 194 Å². The predicted octanol–water partition coefficient (Wildman–Crippen LogP) is 12.0. The lowest BCUT2D eigenvalue weighted by atomic mass is 9.67. The Labute approximate surface area is 319 Å². The van der Waals surface area contributed by atoms with Crippen LogP contribution in [0.2, 0.25) is 0 Å². The molecule has 264 valence electrons. The lowest BCUT2D eigenvalue weighted by Crippen LogP contribution is -2.28. The fraction of sp³-hybridized carbons (Fsp3) is 0.120. The highest BCUT2D eigenvalue weighted by Gasteiger charge is 2.46. The summed E-state index contributed by atoms with van der Waals surface area (Å²) in [6.45, 7) is 8.84. The second kappa shape index (κ2) is 11.4. The van der Waals surface area contributed by atoms with Crippen molar-refractivity contribution in [2.45, 2.75) is 38.5 Å². The lowest BCUT2D eigenvalue weighted by molar-refractivity contribution is 0.588. The van der Waals surface area contributed by atoms with Crippen molar-refractivity contribution in [2.24, 2.45) is 0 Å². The summed E-state index contributed by atoms with van der Waals surface area (Å²) in [5, 5.41) is 12.8. The van der Waals surface area contributed by atoms with E-state index in [4.69, 9.17) is 10.1 Å². The number of hydrogen-bond acceptors (Lipinski definition) is 2. The molecule has 0 amide bonds. The van der Waals surface area contributed by atoms with Crippen LogP contribution in [0.3, 0.4) is 0 Å². The molecule has 0 saturated carbocycles. The van der Waals surface area contributed by atoms with Gasteiger partial charge in [0, 0.05) is 39.5 Å². The first kappa shape index (κ1) is 31.8. The normalized spacial score (nSPS) is 13.6. The van der Waals surface area contributed by atoms with Crippen LogP contribution in [0.5, 0.6) is 0 Å².